The zero-order valence-corrected chi connectivity index (χ0v) is 10.4. The minimum Gasteiger partial charge on any atom is -0.449 e. The average Bonchev–Trinajstić information content (AvgIpc) is 2.34. The van der Waals surface area contributed by atoms with Crippen molar-refractivity contribution in [3.63, 3.8) is 0 Å². The first-order valence-electron chi connectivity index (χ1n) is 5.57. The number of hydrogen-bond acceptors (Lipinski definition) is 2. The molecule has 1 aromatic rings. The topological polar surface area (TPSA) is 38.3 Å². The highest BCUT2D eigenvalue weighted by Crippen LogP contribution is 2.42. The lowest BCUT2D eigenvalue weighted by Gasteiger charge is -2.18. The SMILES string of the molecule is [CH2]CCOC(=O)Nc1c(C(F)(F)F)cccc1C(F)(F)F. The summed E-state index contributed by atoms with van der Waals surface area (Å²) < 4.78 is 80.9. The highest BCUT2D eigenvalue weighted by Gasteiger charge is 2.41. The maximum atomic E-state index is 12.7. The summed E-state index contributed by atoms with van der Waals surface area (Å²) in [4.78, 5) is 11.2. The third kappa shape index (κ3) is 4.54. The van der Waals surface area contributed by atoms with Gasteiger partial charge in [0.1, 0.15) is 0 Å². The van der Waals surface area contributed by atoms with Gasteiger partial charge < -0.3 is 4.74 Å². The lowest BCUT2D eigenvalue weighted by Crippen LogP contribution is -2.22. The number of carbonyl (C=O) groups excluding carboxylic acids is 1. The van der Waals surface area contributed by atoms with E-state index in [4.69, 9.17) is 0 Å². The van der Waals surface area contributed by atoms with E-state index in [1.165, 1.54) is 5.32 Å². The minimum absolute atomic E-state index is 0.125. The van der Waals surface area contributed by atoms with Crippen molar-refractivity contribution in [1.29, 1.82) is 0 Å². The van der Waals surface area contributed by atoms with E-state index in [1.54, 1.807) is 0 Å². The van der Waals surface area contributed by atoms with Crippen LogP contribution in [0, 0.1) is 6.92 Å². The number of hydrogen-bond donors (Lipinski definition) is 1. The van der Waals surface area contributed by atoms with Crippen LogP contribution in [0.25, 0.3) is 0 Å². The smallest absolute Gasteiger partial charge is 0.418 e. The van der Waals surface area contributed by atoms with Gasteiger partial charge in [0.25, 0.3) is 0 Å². The van der Waals surface area contributed by atoms with E-state index in [0.717, 1.165) is 0 Å². The largest absolute Gasteiger partial charge is 0.449 e. The van der Waals surface area contributed by atoms with E-state index in [2.05, 4.69) is 11.7 Å². The summed E-state index contributed by atoms with van der Waals surface area (Å²) in [6, 6.07) is 1.48. The van der Waals surface area contributed by atoms with Crippen LogP contribution in [0.2, 0.25) is 0 Å². The maximum absolute atomic E-state index is 12.7. The normalized spacial score (nSPS) is 12.1. The number of halogens is 6. The average molecular weight is 314 g/mol. The number of ether oxygens (including phenoxy) is 1. The maximum Gasteiger partial charge on any atom is 0.418 e. The molecule has 21 heavy (non-hydrogen) atoms. The van der Waals surface area contributed by atoms with Crippen molar-refractivity contribution >= 4 is 11.8 Å². The molecule has 1 rings (SSSR count). The molecule has 0 spiro atoms. The molecule has 1 N–H and O–H groups in total. The Morgan fingerprint density at radius 2 is 1.57 bits per heavy atom. The zero-order valence-electron chi connectivity index (χ0n) is 10.4. The van der Waals surface area contributed by atoms with Crippen LogP contribution in [0.5, 0.6) is 0 Å². The standard InChI is InChI=1S/C12H10F6NO2/c1-2-6-21-10(20)19-9-7(11(13,14)15)4-3-5-8(9)12(16,17)18/h3-5H,1-2,6H2,(H,19,20). The highest BCUT2D eigenvalue weighted by molar-refractivity contribution is 5.87. The minimum atomic E-state index is -5.06. The molecule has 1 radical (unpaired) electrons. The zero-order chi connectivity index (χ0) is 16.3. The van der Waals surface area contributed by atoms with Gasteiger partial charge in [-0.3, -0.25) is 5.32 Å². The number of anilines is 1. The van der Waals surface area contributed by atoms with Gasteiger partial charge >= 0.3 is 18.4 Å². The van der Waals surface area contributed by atoms with Crippen molar-refractivity contribution in [3.8, 4) is 0 Å². The van der Waals surface area contributed by atoms with Crippen molar-refractivity contribution in [3.05, 3.63) is 36.2 Å². The summed E-state index contributed by atoms with van der Waals surface area (Å²) in [6.45, 7) is 3.08. The molecule has 1 aromatic carbocycles. The Morgan fingerprint density at radius 1 is 1.10 bits per heavy atom. The van der Waals surface area contributed by atoms with E-state index in [9.17, 15) is 31.1 Å². The molecule has 0 saturated carbocycles. The van der Waals surface area contributed by atoms with Gasteiger partial charge in [0, 0.05) is 0 Å². The first-order valence-corrected chi connectivity index (χ1v) is 5.57. The Kier molecular flexibility index (Phi) is 5.08. The predicted octanol–water partition coefficient (Wildman–Crippen LogP) is 4.50. The molecule has 3 nitrogen and oxygen atoms in total. The quantitative estimate of drug-likeness (QED) is 0.834. The van der Waals surface area contributed by atoms with Crippen LogP contribution in [-0.4, -0.2) is 12.7 Å². The lowest BCUT2D eigenvalue weighted by molar-refractivity contribution is -0.141. The summed E-state index contributed by atoms with van der Waals surface area (Å²) in [5, 5.41) is 1.50. The molecule has 0 heterocycles. The second-order valence-corrected chi connectivity index (χ2v) is 3.84. The molecule has 0 saturated heterocycles. The second kappa shape index (κ2) is 6.23. The molecule has 1 amide bonds. The number of nitrogens with one attached hydrogen (secondary N) is 1. The molecule has 9 heteroatoms. The molecular formula is C12H10F6NO2. The van der Waals surface area contributed by atoms with Gasteiger partial charge in [-0.05, 0) is 25.5 Å². The molecule has 0 aromatic heterocycles. The fourth-order valence-corrected chi connectivity index (χ4v) is 1.46. The van der Waals surface area contributed by atoms with E-state index < -0.39 is 35.3 Å². The number of para-hydroxylation sites is 1. The van der Waals surface area contributed by atoms with E-state index >= 15 is 0 Å². The summed E-state index contributed by atoms with van der Waals surface area (Å²) in [5.41, 5.74) is -4.60. The van der Waals surface area contributed by atoms with Crippen molar-refractivity contribution < 1.29 is 35.9 Å². The van der Waals surface area contributed by atoms with Crippen LogP contribution in [0.15, 0.2) is 18.2 Å². The van der Waals surface area contributed by atoms with E-state index in [1.807, 2.05) is 0 Å². The van der Waals surface area contributed by atoms with Gasteiger partial charge in [-0.1, -0.05) is 6.07 Å². The first kappa shape index (κ1) is 17.1. The Morgan fingerprint density at radius 3 is 1.95 bits per heavy atom. The lowest BCUT2D eigenvalue weighted by atomic mass is 10.1. The van der Waals surface area contributed by atoms with Crippen molar-refractivity contribution in [2.75, 3.05) is 11.9 Å². The van der Waals surface area contributed by atoms with Crippen LogP contribution in [0.1, 0.15) is 17.5 Å². The number of carbonyl (C=O) groups is 1. The summed E-state index contributed by atoms with van der Waals surface area (Å²) >= 11 is 0. The van der Waals surface area contributed by atoms with Gasteiger partial charge in [-0.2, -0.15) is 26.3 Å². The summed E-state index contributed by atoms with van der Waals surface area (Å²) in [7, 11) is 0. The van der Waals surface area contributed by atoms with Gasteiger partial charge in [-0.15, -0.1) is 0 Å². The number of benzene rings is 1. The fourth-order valence-electron chi connectivity index (χ4n) is 1.46. The van der Waals surface area contributed by atoms with Crippen LogP contribution in [-0.2, 0) is 17.1 Å². The number of alkyl halides is 6. The van der Waals surface area contributed by atoms with Crippen LogP contribution >= 0.6 is 0 Å². The summed E-state index contributed by atoms with van der Waals surface area (Å²) in [5.74, 6) is 0. The van der Waals surface area contributed by atoms with Crippen molar-refractivity contribution in [2.45, 2.75) is 18.8 Å². The van der Waals surface area contributed by atoms with Gasteiger partial charge in [0.15, 0.2) is 0 Å². The predicted molar refractivity (Wildman–Crippen MR) is 61.4 cm³/mol. The number of amides is 1. The highest BCUT2D eigenvalue weighted by atomic mass is 19.4. The molecule has 0 unspecified atom stereocenters. The Bertz CT molecular complexity index is 477. The monoisotopic (exact) mass is 314 g/mol. The Labute approximate surface area is 115 Å². The third-order valence-corrected chi connectivity index (χ3v) is 2.28. The Balaban J connectivity index is 3.27. The first-order chi connectivity index (χ1) is 9.57. The Hall–Kier alpha value is -1.93. The molecule has 0 aliphatic rings. The number of rotatable bonds is 3. The molecule has 117 valence electrons. The van der Waals surface area contributed by atoms with Gasteiger partial charge in [0.05, 0.1) is 23.4 Å². The van der Waals surface area contributed by atoms with Gasteiger partial charge in [0.2, 0.25) is 0 Å². The fraction of sp³-hybridized carbons (Fsp3) is 0.333. The molecular weight excluding hydrogens is 304 g/mol. The summed E-state index contributed by atoms with van der Waals surface area (Å²) in [6.07, 6.45) is -11.4. The van der Waals surface area contributed by atoms with Crippen LogP contribution < -0.4 is 5.32 Å². The molecule has 0 bridgehead atoms. The third-order valence-electron chi connectivity index (χ3n) is 2.28. The second-order valence-electron chi connectivity index (χ2n) is 3.84. The van der Waals surface area contributed by atoms with Crippen LogP contribution in [0.4, 0.5) is 36.8 Å². The molecule has 0 aliphatic carbocycles. The van der Waals surface area contributed by atoms with Crippen molar-refractivity contribution in [1.82, 2.24) is 0 Å². The van der Waals surface area contributed by atoms with Gasteiger partial charge in [-0.25, -0.2) is 4.79 Å². The van der Waals surface area contributed by atoms with Crippen LogP contribution in [0.3, 0.4) is 0 Å². The molecule has 0 atom stereocenters. The van der Waals surface area contributed by atoms with E-state index in [0.29, 0.717) is 18.2 Å². The molecule has 0 aliphatic heterocycles. The molecule has 0 fully saturated rings. The van der Waals surface area contributed by atoms with E-state index in [-0.39, 0.29) is 13.0 Å². The van der Waals surface area contributed by atoms with Crippen molar-refractivity contribution in [2.24, 2.45) is 0 Å².